The highest BCUT2D eigenvalue weighted by molar-refractivity contribution is 7.19. The molecule has 0 amide bonds. The highest BCUT2D eigenvalue weighted by Gasteiger charge is 2.53. The summed E-state index contributed by atoms with van der Waals surface area (Å²) in [4.78, 5) is 1.19. The first-order valence-corrected chi connectivity index (χ1v) is 18.3. The van der Waals surface area contributed by atoms with Gasteiger partial charge >= 0.3 is 0 Å². The van der Waals surface area contributed by atoms with Gasteiger partial charge in [0.25, 0.3) is 0 Å². The topological polar surface area (TPSA) is 66.4 Å². The molecule has 0 spiro atoms. The van der Waals surface area contributed by atoms with Crippen molar-refractivity contribution in [3.05, 3.63) is 63.5 Å². The van der Waals surface area contributed by atoms with E-state index in [0.29, 0.717) is 62.2 Å². The van der Waals surface area contributed by atoms with E-state index in [4.69, 9.17) is 35.3 Å². The number of hydrogen-bond acceptors (Lipinski definition) is 7. The first kappa shape index (κ1) is 36.1. The molecule has 1 aliphatic heterocycles. The summed E-state index contributed by atoms with van der Waals surface area (Å²) in [5.74, 6) is -1.32. The molecule has 1 aromatic heterocycles. The van der Waals surface area contributed by atoms with Crippen molar-refractivity contribution in [2.24, 2.45) is 0 Å². The van der Waals surface area contributed by atoms with E-state index in [1.807, 2.05) is 12.1 Å². The summed E-state index contributed by atoms with van der Waals surface area (Å²) in [6, 6.07) is 14.4. The molecule has 3 aromatic rings. The van der Waals surface area contributed by atoms with Gasteiger partial charge in [-0.15, -0.1) is 11.3 Å². The quantitative estimate of drug-likeness (QED) is 0.122. The van der Waals surface area contributed by atoms with Crippen LogP contribution in [0.2, 0.25) is 5.02 Å². The van der Waals surface area contributed by atoms with Crippen LogP contribution in [-0.2, 0) is 31.2 Å². The smallest absolute Gasteiger partial charge is 0.226 e. The summed E-state index contributed by atoms with van der Waals surface area (Å²) < 4.78 is 33.3. The second-order valence-electron chi connectivity index (χ2n) is 12.1. The number of aliphatic hydroxyl groups is 1. The average molecular weight is 661 g/mol. The van der Waals surface area contributed by atoms with Crippen molar-refractivity contribution in [2.45, 2.75) is 116 Å². The highest BCUT2D eigenvalue weighted by atomic mass is 35.5. The summed E-state index contributed by atoms with van der Waals surface area (Å²) in [5, 5.41) is 14.6. The third-order valence-electron chi connectivity index (χ3n) is 8.27. The van der Waals surface area contributed by atoms with Gasteiger partial charge in [0.1, 0.15) is 11.9 Å². The molecule has 1 fully saturated rings. The maximum absolute atomic E-state index is 12.8. The maximum atomic E-state index is 12.8. The number of halogens is 1. The van der Waals surface area contributed by atoms with Crippen molar-refractivity contribution < 1.29 is 28.8 Å². The van der Waals surface area contributed by atoms with E-state index in [1.165, 1.54) is 15.0 Å². The molecule has 6 nitrogen and oxygen atoms in total. The van der Waals surface area contributed by atoms with Crippen LogP contribution in [0.3, 0.4) is 0 Å². The molecule has 45 heavy (non-hydrogen) atoms. The fourth-order valence-electron chi connectivity index (χ4n) is 5.67. The fraction of sp³-hybridized carbons (Fsp3) is 0.622. The summed E-state index contributed by atoms with van der Waals surface area (Å²) >= 11 is 8.71. The molecule has 4 rings (SSSR count). The standard InChI is InChI=1S/C37H53ClO6S/c1-5-9-17-40-26-29-24-34(42-19-11-7-3)36(43-20-12-8-4)37(39,44-29)31-23-28(32(38)25-33(31)41-18-10-6-2)22-30-21-27-15-13-14-16-35(27)45-30/h13-16,21,23,25,29,34,36,39H,5-12,17-20,22,24,26H2,1-4H3/t29-,34-,36+,37?/m0/s1. The Morgan fingerprint density at radius 3 is 2.31 bits per heavy atom. The second-order valence-corrected chi connectivity index (χ2v) is 13.7. The number of rotatable bonds is 20. The summed E-state index contributed by atoms with van der Waals surface area (Å²) in [5.41, 5.74) is 1.43. The van der Waals surface area contributed by atoms with Crippen molar-refractivity contribution in [1.29, 1.82) is 0 Å². The molecule has 250 valence electrons. The maximum Gasteiger partial charge on any atom is 0.226 e. The fourth-order valence-corrected chi connectivity index (χ4v) is 6.97. The van der Waals surface area contributed by atoms with E-state index in [9.17, 15) is 5.11 Å². The SMILES string of the molecule is CCCCOC[C@@H]1C[C@H](OCCCC)[C@@H](OCCCC)C(O)(c2cc(Cc3cc4ccccc4s3)c(Cl)cc2OCCCC)O1. The molecule has 0 bridgehead atoms. The van der Waals surface area contributed by atoms with Gasteiger partial charge in [-0.25, -0.2) is 0 Å². The van der Waals surface area contributed by atoms with Gasteiger partial charge in [-0.05, 0) is 60.9 Å². The van der Waals surface area contributed by atoms with E-state index in [0.717, 1.165) is 56.9 Å². The van der Waals surface area contributed by atoms with E-state index in [2.05, 4.69) is 58.0 Å². The van der Waals surface area contributed by atoms with Gasteiger partial charge in [0.05, 0.1) is 31.0 Å². The first-order valence-electron chi connectivity index (χ1n) is 17.1. The Morgan fingerprint density at radius 1 is 0.889 bits per heavy atom. The minimum absolute atomic E-state index is 0.367. The van der Waals surface area contributed by atoms with Crippen LogP contribution in [0, 0.1) is 0 Å². The molecule has 8 heteroatoms. The summed E-state index contributed by atoms with van der Waals surface area (Å²) in [7, 11) is 0. The van der Waals surface area contributed by atoms with Crippen LogP contribution < -0.4 is 4.74 Å². The third-order valence-corrected chi connectivity index (χ3v) is 9.74. The molecule has 2 heterocycles. The number of unbranched alkanes of at least 4 members (excludes halogenated alkanes) is 4. The normalized spacial score (nSPS) is 21.9. The average Bonchev–Trinajstić information content (AvgIpc) is 3.44. The molecule has 1 N–H and O–H groups in total. The Kier molecular flexibility index (Phi) is 14.9. The summed E-state index contributed by atoms with van der Waals surface area (Å²) in [6.07, 6.45) is 7.39. The zero-order valence-corrected chi connectivity index (χ0v) is 29.2. The Labute approximate surface area is 279 Å². The molecule has 0 aliphatic carbocycles. The molecule has 1 aliphatic rings. The molecular weight excluding hydrogens is 608 g/mol. The van der Waals surface area contributed by atoms with Gasteiger partial charge in [0.2, 0.25) is 5.79 Å². The van der Waals surface area contributed by atoms with Crippen LogP contribution in [0.1, 0.15) is 101 Å². The zero-order chi connectivity index (χ0) is 32.1. The van der Waals surface area contributed by atoms with Crippen LogP contribution in [-0.4, -0.2) is 56.5 Å². The van der Waals surface area contributed by atoms with Crippen LogP contribution >= 0.6 is 22.9 Å². The zero-order valence-electron chi connectivity index (χ0n) is 27.7. The second kappa shape index (κ2) is 18.6. The highest BCUT2D eigenvalue weighted by Crippen LogP contribution is 2.45. The van der Waals surface area contributed by atoms with Gasteiger partial charge < -0.3 is 28.8 Å². The predicted molar refractivity (Wildman–Crippen MR) is 185 cm³/mol. The van der Waals surface area contributed by atoms with Gasteiger partial charge in [0.15, 0.2) is 0 Å². The minimum atomic E-state index is -1.83. The monoisotopic (exact) mass is 660 g/mol. The number of fused-ring (bicyclic) bond motifs is 1. The first-order chi connectivity index (χ1) is 21.9. The lowest BCUT2D eigenvalue weighted by molar-refractivity contribution is -0.348. The van der Waals surface area contributed by atoms with Gasteiger partial charge in [-0.1, -0.05) is 83.2 Å². The van der Waals surface area contributed by atoms with Crippen LogP contribution in [0.4, 0.5) is 0 Å². The van der Waals surface area contributed by atoms with Crippen molar-refractivity contribution in [3.63, 3.8) is 0 Å². The van der Waals surface area contributed by atoms with Crippen molar-refractivity contribution in [1.82, 2.24) is 0 Å². The lowest BCUT2D eigenvalue weighted by atomic mass is 9.87. The van der Waals surface area contributed by atoms with Gasteiger partial charge in [-0.3, -0.25) is 0 Å². The van der Waals surface area contributed by atoms with Crippen LogP contribution in [0.25, 0.3) is 10.1 Å². The van der Waals surface area contributed by atoms with Crippen LogP contribution in [0.5, 0.6) is 5.75 Å². The largest absolute Gasteiger partial charge is 0.493 e. The van der Waals surface area contributed by atoms with Crippen LogP contribution in [0.15, 0.2) is 42.5 Å². The lowest BCUT2D eigenvalue weighted by Gasteiger charge is -2.47. The number of benzene rings is 2. The van der Waals surface area contributed by atoms with E-state index in [-0.39, 0.29) is 12.2 Å². The molecule has 1 unspecified atom stereocenters. The number of ether oxygens (including phenoxy) is 5. The van der Waals surface area contributed by atoms with E-state index >= 15 is 0 Å². The van der Waals surface area contributed by atoms with Crippen molar-refractivity contribution in [3.8, 4) is 5.75 Å². The lowest BCUT2D eigenvalue weighted by Crippen LogP contribution is -2.58. The van der Waals surface area contributed by atoms with Gasteiger partial charge in [-0.2, -0.15) is 0 Å². The third kappa shape index (κ3) is 9.90. The molecule has 0 radical (unpaired) electrons. The van der Waals surface area contributed by atoms with E-state index in [1.54, 1.807) is 11.3 Å². The predicted octanol–water partition coefficient (Wildman–Crippen LogP) is 9.45. The Bertz CT molecular complexity index is 1260. The number of hydrogen-bond donors (Lipinski definition) is 1. The van der Waals surface area contributed by atoms with Gasteiger partial charge in [0, 0.05) is 47.3 Å². The molecular formula is C37H53ClO6S. The van der Waals surface area contributed by atoms with Crippen molar-refractivity contribution in [2.75, 3.05) is 33.0 Å². The van der Waals surface area contributed by atoms with Crippen molar-refractivity contribution >= 4 is 33.0 Å². The Hall–Kier alpha value is -1.71. The molecule has 0 saturated carbocycles. The molecule has 2 aromatic carbocycles. The molecule has 1 saturated heterocycles. The summed E-state index contributed by atoms with van der Waals surface area (Å²) in [6.45, 7) is 11.2. The Balaban J connectivity index is 1.76. The molecule has 4 atom stereocenters. The minimum Gasteiger partial charge on any atom is -0.493 e. The number of thiophene rings is 1. The van der Waals surface area contributed by atoms with E-state index < -0.39 is 11.9 Å². The Morgan fingerprint density at radius 2 is 1.58 bits per heavy atom.